The van der Waals surface area contributed by atoms with Gasteiger partial charge in [0.25, 0.3) is 0 Å². The summed E-state index contributed by atoms with van der Waals surface area (Å²) < 4.78 is 22.9. The Labute approximate surface area is 250 Å². The molecule has 43 heavy (non-hydrogen) atoms. The molecular weight excluding hydrogens is 556 g/mol. The molecule has 0 spiro atoms. The highest BCUT2D eigenvalue weighted by Gasteiger charge is 2.51. The summed E-state index contributed by atoms with van der Waals surface area (Å²) in [4.78, 5) is 29.3. The Kier molecular flexibility index (Phi) is 8.47. The number of amides is 2. The first-order chi connectivity index (χ1) is 20.9. The number of hydrogen-bond donors (Lipinski definition) is 4. The summed E-state index contributed by atoms with van der Waals surface area (Å²) >= 11 is 0. The molecule has 230 valence electrons. The lowest BCUT2D eigenvalue weighted by molar-refractivity contribution is -0.139. The lowest BCUT2D eigenvalue weighted by Gasteiger charge is -2.41. The molecule has 2 aromatic carbocycles. The van der Waals surface area contributed by atoms with E-state index in [0.717, 1.165) is 31.2 Å². The summed E-state index contributed by atoms with van der Waals surface area (Å²) in [5.41, 5.74) is 2.29. The smallest absolute Gasteiger partial charge is 0.247 e. The summed E-state index contributed by atoms with van der Waals surface area (Å²) in [5, 5.41) is 33.9. The van der Waals surface area contributed by atoms with Crippen molar-refractivity contribution in [1.29, 1.82) is 0 Å². The number of carbonyl (C=O) groups is 2. The molecule has 0 saturated heterocycles. The fourth-order valence-electron chi connectivity index (χ4n) is 6.79. The summed E-state index contributed by atoms with van der Waals surface area (Å²) in [5.74, 6) is 1.02. The molecule has 2 aliphatic heterocycles. The van der Waals surface area contributed by atoms with E-state index in [2.05, 4.69) is 5.32 Å². The average molecular weight is 595 g/mol. The molecule has 4 N–H and O–H groups in total. The molecule has 4 aliphatic rings. The van der Waals surface area contributed by atoms with Crippen LogP contribution < -0.4 is 24.3 Å². The second-order valence-corrected chi connectivity index (χ2v) is 11.6. The van der Waals surface area contributed by atoms with Gasteiger partial charge in [-0.1, -0.05) is 18.9 Å². The van der Waals surface area contributed by atoms with Crippen molar-refractivity contribution in [1.82, 2.24) is 10.2 Å². The molecule has 0 radical (unpaired) electrons. The van der Waals surface area contributed by atoms with Gasteiger partial charge in [-0.3, -0.25) is 9.59 Å². The predicted octanol–water partition coefficient (Wildman–Crippen LogP) is 2.15. The zero-order valence-corrected chi connectivity index (χ0v) is 24.2. The Morgan fingerprint density at radius 2 is 1.86 bits per heavy atom. The molecular formula is C32H38N2O9. The Balaban J connectivity index is 1.40. The predicted molar refractivity (Wildman–Crippen MR) is 154 cm³/mol. The lowest BCUT2D eigenvalue weighted by Crippen LogP contribution is -2.55. The third-order valence-electron chi connectivity index (χ3n) is 8.90. The van der Waals surface area contributed by atoms with Gasteiger partial charge in [-0.25, -0.2) is 0 Å². The van der Waals surface area contributed by atoms with Gasteiger partial charge in [0.05, 0.1) is 32.3 Å². The zero-order chi connectivity index (χ0) is 30.1. The van der Waals surface area contributed by atoms with Crippen LogP contribution in [0.2, 0.25) is 0 Å². The topological polar surface area (TPSA) is 147 Å². The fraction of sp³-hybridized carbons (Fsp3) is 0.500. The highest BCUT2D eigenvalue weighted by atomic mass is 16.7. The minimum Gasteiger partial charge on any atom is -0.493 e. The standard InChI is InChI=1S/C32H38N2O9/c1-40-26-12-20(16-36)10-21-28-22(32(39)33-8-9-35)14-23(29(38)31(28)43-30(21)26)34(27(37)13-18-4-2-3-5-18)15-19-6-7-24-25(11-19)42-17-41-24/h6-7,10-12,14,18,23,28-29,31,35-36,38H,2-5,8-9,13,15-17H2,1H3,(H,33,39)/t23-,28+,29+,31+/m1/s1. The number of methoxy groups -OCH3 is 1. The lowest BCUT2D eigenvalue weighted by atomic mass is 9.77. The van der Waals surface area contributed by atoms with Crippen LogP contribution in [0.25, 0.3) is 0 Å². The number of rotatable bonds is 10. The van der Waals surface area contributed by atoms with Gasteiger partial charge in [0.2, 0.25) is 18.6 Å². The number of hydrogen-bond acceptors (Lipinski definition) is 9. The van der Waals surface area contributed by atoms with Gasteiger partial charge in [0, 0.05) is 30.6 Å². The van der Waals surface area contributed by atoms with E-state index in [1.165, 1.54) is 7.11 Å². The molecule has 1 fully saturated rings. The van der Waals surface area contributed by atoms with E-state index < -0.39 is 30.1 Å². The van der Waals surface area contributed by atoms with Gasteiger partial charge in [-0.2, -0.15) is 0 Å². The molecule has 0 unspecified atom stereocenters. The molecule has 0 aromatic heterocycles. The second-order valence-electron chi connectivity index (χ2n) is 11.6. The molecule has 4 atom stereocenters. The monoisotopic (exact) mass is 594 g/mol. The van der Waals surface area contributed by atoms with Crippen LogP contribution in [-0.2, 0) is 22.7 Å². The first-order valence-corrected chi connectivity index (χ1v) is 14.9. The van der Waals surface area contributed by atoms with Crippen molar-refractivity contribution in [2.45, 2.75) is 69.4 Å². The van der Waals surface area contributed by atoms with Crippen molar-refractivity contribution in [2.75, 3.05) is 27.1 Å². The van der Waals surface area contributed by atoms with Crippen molar-refractivity contribution in [3.05, 3.63) is 58.7 Å². The Morgan fingerprint density at radius 1 is 1.07 bits per heavy atom. The van der Waals surface area contributed by atoms with Crippen LogP contribution >= 0.6 is 0 Å². The second kappa shape index (κ2) is 12.4. The van der Waals surface area contributed by atoms with Crippen molar-refractivity contribution in [3.8, 4) is 23.0 Å². The maximum Gasteiger partial charge on any atom is 0.247 e. The van der Waals surface area contributed by atoms with Gasteiger partial charge in [0.1, 0.15) is 12.2 Å². The van der Waals surface area contributed by atoms with E-state index in [1.54, 1.807) is 29.2 Å². The minimum absolute atomic E-state index is 0.0377. The SMILES string of the molecule is COc1cc(CO)cc2c1O[C@@H]1[C@@H](O)[C@H](N(Cc3ccc4c(c3)OCO4)C(=O)CC3CCCC3)C=C(C(=O)NCCO)[C@H]21. The molecule has 2 heterocycles. The minimum atomic E-state index is -1.18. The fourth-order valence-corrected chi connectivity index (χ4v) is 6.79. The van der Waals surface area contributed by atoms with Crippen LogP contribution in [0.3, 0.4) is 0 Å². The molecule has 2 aliphatic carbocycles. The summed E-state index contributed by atoms with van der Waals surface area (Å²) in [7, 11) is 1.49. The third kappa shape index (κ3) is 5.64. The zero-order valence-electron chi connectivity index (χ0n) is 24.2. The number of benzene rings is 2. The van der Waals surface area contributed by atoms with Crippen LogP contribution in [0, 0.1) is 5.92 Å². The van der Waals surface area contributed by atoms with E-state index in [1.807, 2.05) is 12.1 Å². The van der Waals surface area contributed by atoms with Crippen LogP contribution in [0.5, 0.6) is 23.0 Å². The number of nitrogens with one attached hydrogen (secondary N) is 1. The van der Waals surface area contributed by atoms with E-state index >= 15 is 0 Å². The van der Waals surface area contributed by atoms with E-state index in [4.69, 9.17) is 18.9 Å². The Bertz CT molecular complexity index is 1400. The highest BCUT2D eigenvalue weighted by molar-refractivity contribution is 5.96. The Hall–Kier alpha value is -3.80. The summed E-state index contributed by atoms with van der Waals surface area (Å²) in [6, 6.07) is 8.02. The van der Waals surface area contributed by atoms with Gasteiger partial charge in [-0.15, -0.1) is 0 Å². The number of fused-ring (bicyclic) bond motifs is 4. The van der Waals surface area contributed by atoms with Gasteiger partial charge < -0.3 is 44.5 Å². The third-order valence-corrected chi connectivity index (χ3v) is 8.90. The number of aliphatic hydroxyl groups excluding tert-OH is 3. The maximum absolute atomic E-state index is 14.0. The molecule has 2 amide bonds. The first kappa shape index (κ1) is 29.3. The van der Waals surface area contributed by atoms with E-state index in [9.17, 15) is 24.9 Å². The maximum atomic E-state index is 14.0. The summed E-state index contributed by atoms with van der Waals surface area (Å²) in [6.45, 7) is -0.155. The molecule has 2 aromatic rings. The normalized spacial score (nSPS) is 23.7. The van der Waals surface area contributed by atoms with Crippen molar-refractivity contribution in [3.63, 3.8) is 0 Å². The average Bonchev–Trinajstić information content (AvgIpc) is 3.79. The largest absolute Gasteiger partial charge is 0.493 e. The van der Waals surface area contributed by atoms with Crippen LogP contribution in [0.15, 0.2) is 42.0 Å². The van der Waals surface area contributed by atoms with Crippen LogP contribution in [-0.4, -0.2) is 77.3 Å². The van der Waals surface area contributed by atoms with Crippen LogP contribution in [0.4, 0.5) is 0 Å². The quantitative estimate of drug-likeness (QED) is 0.325. The molecule has 11 heteroatoms. The van der Waals surface area contributed by atoms with Crippen molar-refractivity contribution in [2.24, 2.45) is 5.92 Å². The van der Waals surface area contributed by atoms with Gasteiger partial charge in [-0.05, 0) is 60.2 Å². The molecule has 1 saturated carbocycles. The van der Waals surface area contributed by atoms with E-state index in [-0.39, 0.29) is 44.9 Å². The highest BCUT2D eigenvalue weighted by Crippen LogP contribution is 2.51. The number of ether oxygens (including phenoxy) is 4. The molecule has 6 rings (SSSR count). The van der Waals surface area contributed by atoms with Crippen molar-refractivity contribution < 1.29 is 43.9 Å². The van der Waals surface area contributed by atoms with Gasteiger partial charge >= 0.3 is 0 Å². The van der Waals surface area contributed by atoms with Crippen molar-refractivity contribution >= 4 is 11.8 Å². The molecule has 0 bridgehead atoms. The first-order valence-electron chi connectivity index (χ1n) is 14.9. The Morgan fingerprint density at radius 3 is 2.60 bits per heavy atom. The summed E-state index contributed by atoms with van der Waals surface area (Å²) in [6.07, 6.45) is 4.07. The number of carbonyl (C=O) groups excluding carboxylic acids is 2. The van der Waals surface area contributed by atoms with E-state index in [0.29, 0.717) is 46.1 Å². The molecule has 11 nitrogen and oxygen atoms in total. The number of aliphatic hydroxyl groups is 3. The van der Waals surface area contributed by atoms with Crippen LogP contribution in [0.1, 0.15) is 54.7 Å². The van der Waals surface area contributed by atoms with Gasteiger partial charge in [0.15, 0.2) is 23.0 Å². The number of nitrogens with zero attached hydrogens (tertiary/aromatic N) is 1.